The summed E-state index contributed by atoms with van der Waals surface area (Å²) in [5, 5.41) is 17.3. The summed E-state index contributed by atoms with van der Waals surface area (Å²) in [6.07, 6.45) is 6.00. The second kappa shape index (κ2) is 16.9. The summed E-state index contributed by atoms with van der Waals surface area (Å²) in [7, 11) is 1.49. The van der Waals surface area contributed by atoms with Gasteiger partial charge in [-0.1, -0.05) is 82.1 Å². The fourth-order valence-corrected chi connectivity index (χ4v) is 8.04. The van der Waals surface area contributed by atoms with Crippen molar-refractivity contribution in [1.82, 2.24) is 4.98 Å². The molecule has 1 aromatic heterocycles. The first-order valence-corrected chi connectivity index (χ1v) is 18.0. The van der Waals surface area contributed by atoms with E-state index in [1.165, 1.54) is 13.3 Å². The topological polar surface area (TPSA) is 123 Å². The van der Waals surface area contributed by atoms with Crippen molar-refractivity contribution in [2.45, 2.75) is 122 Å². The highest BCUT2D eigenvalue weighted by molar-refractivity contribution is 5.79. The number of nitriles is 1. The van der Waals surface area contributed by atoms with Crippen LogP contribution in [-0.4, -0.2) is 37.2 Å². The third-order valence-electron chi connectivity index (χ3n) is 12.0. The van der Waals surface area contributed by atoms with Crippen molar-refractivity contribution in [3.63, 3.8) is 0 Å². The number of carbonyl (C=O) groups excluding carboxylic acids is 2. The minimum absolute atomic E-state index is 0.0757. The number of ether oxygens (including phenoxy) is 3. The van der Waals surface area contributed by atoms with Crippen LogP contribution in [0.4, 0.5) is 11.4 Å². The third-order valence-corrected chi connectivity index (χ3v) is 12.0. The van der Waals surface area contributed by atoms with Crippen molar-refractivity contribution in [3.8, 4) is 11.8 Å². The normalized spacial score (nSPS) is 16.1. The molecule has 0 aliphatic rings. The molecule has 9 nitrogen and oxygen atoms in total. The van der Waals surface area contributed by atoms with E-state index < -0.39 is 27.1 Å². The van der Waals surface area contributed by atoms with E-state index >= 15 is 0 Å². The fraction of sp³-hybridized carbons (Fsp3) is 0.659. The van der Waals surface area contributed by atoms with Gasteiger partial charge in [0.25, 0.3) is 0 Å². The lowest BCUT2D eigenvalue weighted by atomic mass is 9.42. The van der Waals surface area contributed by atoms with Crippen LogP contribution in [0.2, 0.25) is 0 Å². The minimum Gasteiger partial charge on any atom is -0.490 e. The van der Waals surface area contributed by atoms with Gasteiger partial charge in [0.1, 0.15) is 36.4 Å². The van der Waals surface area contributed by atoms with Crippen LogP contribution in [0.25, 0.3) is 0 Å². The molecule has 0 N–H and O–H groups in total. The molecule has 0 amide bonds. The van der Waals surface area contributed by atoms with Crippen LogP contribution in [0.3, 0.4) is 0 Å². The van der Waals surface area contributed by atoms with E-state index in [4.69, 9.17) is 19.5 Å². The molecule has 0 spiro atoms. The van der Waals surface area contributed by atoms with E-state index in [0.717, 1.165) is 25.7 Å². The predicted molar refractivity (Wildman–Crippen MR) is 198 cm³/mol. The lowest BCUT2D eigenvalue weighted by Gasteiger charge is -2.60. The Bertz CT molecular complexity index is 1480. The molecule has 0 saturated heterocycles. The molecule has 9 heteroatoms. The van der Waals surface area contributed by atoms with Gasteiger partial charge in [0.15, 0.2) is 0 Å². The number of carbonyl (C=O) groups is 2. The van der Waals surface area contributed by atoms with Crippen LogP contribution < -0.4 is 4.74 Å². The molecule has 0 radical (unpaired) electrons. The molecule has 2 aromatic rings. The Morgan fingerprint density at radius 2 is 1.32 bits per heavy atom. The monoisotopic (exact) mass is 690 g/mol. The maximum absolute atomic E-state index is 14.2. The van der Waals surface area contributed by atoms with Crippen LogP contribution >= 0.6 is 0 Å². The van der Waals surface area contributed by atoms with Gasteiger partial charge in [0.2, 0.25) is 0 Å². The molecule has 1 aromatic carbocycles. The van der Waals surface area contributed by atoms with Gasteiger partial charge in [-0.05, 0) is 97.6 Å². The second-order valence-corrected chi connectivity index (χ2v) is 16.2. The maximum Gasteiger partial charge on any atom is 0.312 e. The van der Waals surface area contributed by atoms with E-state index in [1.807, 2.05) is 13.0 Å². The van der Waals surface area contributed by atoms with Crippen molar-refractivity contribution in [3.05, 3.63) is 48.3 Å². The summed E-state index contributed by atoms with van der Waals surface area (Å²) < 4.78 is 17.5. The number of esters is 2. The van der Waals surface area contributed by atoms with Gasteiger partial charge in [-0.15, -0.1) is 5.11 Å². The molecular weight excluding hydrogens is 628 g/mol. The summed E-state index contributed by atoms with van der Waals surface area (Å²) in [6, 6.07) is 12.4. The van der Waals surface area contributed by atoms with Crippen molar-refractivity contribution in [2.75, 3.05) is 20.3 Å². The smallest absolute Gasteiger partial charge is 0.312 e. The highest BCUT2D eigenvalue weighted by Gasteiger charge is 2.63. The Labute approximate surface area is 301 Å². The first-order valence-electron chi connectivity index (χ1n) is 18.0. The molecule has 276 valence electrons. The summed E-state index contributed by atoms with van der Waals surface area (Å²) in [4.78, 5) is 32.1. The number of hydrogen-bond donors (Lipinski definition) is 0. The lowest BCUT2D eigenvalue weighted by Crippen LogP contribution is -2.58. The number of azo groups is 1. The van der Waals surface area contributed by atoms with Crippen LogP contribution in [-0.2, 0) is 19.1 Å². The van der Waals surface area contributed by atoms with Gasteiger partial charge in [-0.25, -0.2) is 4.98 Å². The molecule has 1 heterocycles. The van der Waals surface area contributed by atoms with Crippen molar-refractivity contribution >= 4 is 23.3 Å². The van der Waals surface area contributed by atoms with Crippen LogP contribution in [0.1, 0.15) is 127 Å². The molecule has 50 heavy (non-hydrogen) atoms. The highest BCUT2D eigenvalue weighted by atomic mass is 16.6. The van der Waals surface area contributed by atoms with Gasteiger partial charge in [0, 0.05) is 0 Å². The summed E-state index contributed by atoms with van der Waals surface area (Å²) in [6.45, 7) is 26.1. The van der Waals surface area contributed by atoms with Crippen molar-refractivity contribution < 1.29 is 23.8 Å². The zero-order valence-electron chi connectivity index (χ0n) is 33.0. The molecule has 3 unspecified atom stereocenters. The van der Waals surface area contributed by atoms with E-state index in [-0.39, 0.29) is 30.6 Å². The first kappa shape index (κ1) is 42.4. The first-order chi connectivity index (χ1) is 23.3. The minimum atomic E-state index is -0.859. The Morgan fingerprint density at radius 3 is 1.78 bits per heavy atom. The number of pyridine rings is 1. The molecular formula is C41H62N4O5. The Hall–Kier alpha value is -3.80. The lowest BCUT2D eigenvalue weighted by molar-refractivity contribution is -0.189. The van der Waals surface area contributed by atoms with Crippen LogP contribution in [0.5, 0.6) is 5.75 Å². The maximum atomic E-state index is 14.2. The largest absolute Gasteiger partial charge is 0.490 e. The number of benzene rings is 1. The van der Waals surface area contributed by atoms with Crippen LogP contribution in [0.15, 0.2) is 52.8 Å². The van der Waals surface area contributed by atoms with Gasteiger partial charge >= 0.3 is 11.9 Å². The quantitative estimate of drug-likeness (QED) is 0.0866. The SMILES string of the molecule is CCC(C)(C)CC(C)(C(=O)OC)C(CC)(CC)C(C)(CC)CC(C)(C(=O)OCCOc1ccc(N=Nc2ccc(C#N)nc2)cc1)C(C)(C)C. The predicted octanol–water partition coefficient (Wildman–Crippen LogP) is 11.0. The summed E-state index contributed by atoms with van der Waals surface area (Å²) in [5.74, 6) is 0.167. The molecule has 0 aliphatic carbocycles. The average Bonchev–Trinajstić information content (AvgIpc) is 3.09. The van der Waals surface area contributed by atoms with Crippen molar-refractivity contribution in [2.24, 2.45) is 42.7 Å². The third kappa shape index (κ3) is 9.10. The van der Waals surface area contributed by atoms with Gasteiger partial charge < -0.3 is 14.2 Å². The van der Waals surface area contributed by atoms with E-state index in [9.17, 15) is 9.59 Å². The molecule has 0 saturated carbocycles. The van der Waals surface area contributed by atoms with Gasteiger partial charge in [0.05, 0.1) is 29.8 Å². The zero-order chi connectivity index (χ0) is 38.0. The van der Waals surface area contributed by atoms with Gasteiger partial charge in [-0.3, -0.25) is 9.59 Å². The van der Waals surface area contributed by atoms with E-state index in [1.54, 1.807) is 36.4 Å². The second-order valence-electron chi connectivity index (χ2n) is 16.2. The standard InChI is InChI=1S/C41H62N4O5/c1-14-37(8,9)28-40(12,34(46)48-13)41(16-3,17-4)38(10,15-2)29-39(11,36(5,6)7)35(47)50-25-24-49-33-22-20-30(21-23-33)44-45-32-19-18-31(26-42)43-27-32/h18-23,27H,14-17,24-25,28-29H2,1-13H3. The Kier molecular flexibility index (Phi) is 14.4. The molecule has 2 rings (SSSR count). The average molecular weight is 691 g/mol. The molecule has 3 atom stereocenters. The number of nitrogens with zero attached hydrogens (tertiary/aromatic N) is 4. The Balaban J connectivity index is 2.27. The number of methoxy groups -OCH3 is 1. The van der Waals surface area contributed by atoms with Crippen molar-refractivity contribution in [1.29, 1.82) is 5.26 Å². The molecule has 0 aliphatic heterocycles. The molecule has 0 bridgehead atoms. The zero-order valence-corrected chi connectivity index (χ0v) is 33.0. The number of hydrogen-bond acceptors (Lipinski definition) is 9. The molecule has 0 fully saturated rings. The summed E-state index contributed by atoms with van der Waals surface area (Å²) in [5.41, 5.74) is -1.51. The number of aromatic nitrogens is 1. The fourth-order valence-electron chi connectivity index (χ4n) is 8.04. The Morgan fingerprint density at radius 1 is 0.740 bits per heavy atom. The highest BCUT2D eigenvalue weighted by Crippen LogP contribution is 2.66. The summed E-state index contributed by atoms with van der Waals surface area (Å²) >= 11 is 0. The van der Waals surface area contributed by atoms with E-state index in [0.29, 0.717) is 35.7 Å². The number of rotatable bonds is 18. The van der Waals surface area contributed by atoms with Crippen LogP contribution in [0, 0.1) is 43.8 Å². The van der Waals surface area contributed by atoms with E-state index in [2.05, 4.69) is 91.4 Å². The van der Waals surface area contributed by atoms with Gasteiger partial charge in [-0.2, -0.15) is 10.4 Å².